The van der Waals surface area contributed by atoms with E-state index >= 15 is 0 Å². The molecule has 1 aliphatic rings. The number of pyridine rings is 1. The Labute approximate surface area is 131 Å². The smallest absolute Gasteiger partial charge is 0.128 e. The van der Waals surface area contributed by atoms with E-state index in [-0.39, 0.29) is 19.1 Å². The van der Waals surface area contributed by atoms with Crippen molar-refractivity contribution in [2.75, 3.05) is 50.8 Å². The molecule has 2 rings (SSSR count). The molecule has 22 heavy (non-hydrogen) atoms. The zero-order valence-corrected chi connectivity index (χ0v) is 13.0. The maximum Gasteiger partial charge on any atom is 0.128 e. The maximum absolute atomic E-state index is 9.64. The van der Waals surface area contributed by atoms with E-state index in [9.17, 15) is 5.11 Å². The van der Waals surface area contributed by atoms with E-state index in [1.807, 2.05) is 6.07 Å². The molecule has 0 spiro atoms. The van der Waals surface area contributed by atoms with Gasteiger partial charge in [-0.25, -0.2) is 4.98 Å². The van der Waals surface area contributed by atoms with Crippen LogP contribution < -0.4 is 4.90 Å². The van der Waals surface area contributed by atoms with Gasteiger partial charge >= 0.3 is 0 Å². The highest BCUT2D eigenvalue weighted by Gasteiger charge is 2.33. The van der Waals surface area contributed by atoms with Crippen molar-refractivity contribution in [2.45, 2.75) is 6.92 Å². The number of likely N-dealkylation sites (N-methyl/N-ethyl adjacent to an activating group) is 1. The number of rotatable bonds is 7. The van der Waals surface area contributed by atoms with E-state index in [0.717, 1.165) is 32.0 Å². The highest BCUT2D eigenvalue weighted by molar-refractivity contribution is 5.43. The van der Waals surface area contributed by atoms with Gasteiger partial charge in [0.25, 0.3) is 0 Å². The summed E-state index contributed by atoms with van der Waals surface area (Å²) in [6.45, 7) is 6.44. The molecule has 2 N–H and O–H groups in total. The van der Waals surface area contributed by atoms with Crippen molar-refractivity contribution >= 4 is 5.82 Å². The topological polar surface area (TPSA) is 83.6 Å². The first-order valence-electron chi connectivity index (χ1n) is 7.77. The molecule has 2 heterocycles. The van der Waals surface area contributed by atoms with E-state index < -0.39 is 0 Å². The number of aromatic nitrogens is 1. The van der Waals surface area contributed by atoms with Gasteiger partial charge in [0.15, 0.2) is 0 Å². The number of nitrogens with zero attached hydrogens (tertiary/aromatic N) is 4. The minimum Gasteiger partial charge on any atom is -0.396 e. The van der Waals surface area contributed by atoms with Gasteiger partial charge in [-0.3, -0.25) is 0 Å². The lowest BCUT2D eigenvalue weighted by Crippen LogP contribution is -2.35. The van der Waals surface area contributed by atoms with Crippen LogP contribution in [0.5, 0.6) is 0 Å². The van der Waals surface area contributed by atoms with Crippen LogP contribution in [0.25, 0.3) is 0 Å². The van der Waals surface area contributed by atoms with Gasteiger partial charge in [0, 0.05) is 44.9 Å². The Morgan fingerprint density at radius 1 is 1.36 bits per heavy atom. The zero-order valence-electron chi connectivity index (χ0n) is 13.0. The van der Waals surface area contributed by atoms with E-state index in [2.05, 4.69) is 27.8 Å². The molecule has 120 valence electrons. The Bertz CT molecular complexity index is 500. The lowest BCUT2D eigenvalue weighted by atomic mass is 9.96. The molecule has 2 atom stereocenters. The number of hydrogen-bond donors (Lipinski definition) is 2. The summed E-state index contributed by atoms with van der Waals surface area (Å²) in [6.07, 6.45) is 1.58. The largest absolute Gasteiger partial charge is 0.396 e. The Morgan fingerprint density at radius 3 is 2.68 bits per heavy atom. The number of hydrogen-bond acceptors (Lipinski definition) is 6. The van der Waals surface area contributed by atoms with Crippen LogP contribution in [-0.4, -0.2) is 66.0 Å². The second kappa shape index (κ2) is 8.08. The SMILES string of the molecule is CCN(CCO)C[C@@H]1CN(c2ccc(C#N)cn2)C[C@@H]1CO. The molecule has 0 aromatic carbocycles. The summed E-state index contributed by atoms with van der Waals surface area (Å²) in [7, 11) is 0. The van der Waals surface area contributed by atoms with Crippen molar-refractivity contribution in [3.8, 4) is 6.07 Å². The van der Waals surface area contributed by atoms with Gasteiger partial charge in [0.1, 0.15) is 11.9 Å². The molecule has 0 bridgehead atoms. The van der Waals surface area contributed by atoms with Crippen LogP contribution in [0.3, 0.4) is 0 Å². The van der Waals surface area contributed by atoms with Crippen LogP contribution in [0.4, 0.5) is 5.82 Å². The van der Waals surface area contributed by atoms with Gasteiger partial charge in [-0.1, -0.05) is 6.92 Å². The van der Waals surface area contributed by atoms with Crippen molar-refractivity contribution < 1.29 is 10.2 Å². The van der Waals surface area contributed by atoms with Crippen molar-refractivity contribution in [1.29, 1.82) is 5.26 Å². The molecular weight excluding hydrogens is 280 g/mol. The summed E-state index contributed by atoms with van der Waals surface area (Å²) in [5.41, 5.74) is 0.554. The fourth-order valence-corrected chi connectivity index (χ4v) is 3.03. The van der Waals surface area contributed by atoms with Gasteiger partial charge < -0.3 is 20.0 Å². The first-order chi connectivity index (χ1) is 10.7. The molecular formula is C16H24N4O2. The Hall–Kier alpha value is -1.68. The third-order valence-corrected chi connectivity index (χ3v) is 4.37. The molecule has 1 aromatic rings. The molecule has 1 saturated heterocycles. The fraction of sp³-hybridized carbons (Fsp3) is 0.625. The number of aliphatic hydroxyl groups is 2. The molecule has 0 saturated carbocycles. The standard InChI is InChI=1S/C16H24N4O2/c1-2-19(5-6-21)9-14-10-20(11-15(14)12-22)16-4-3-13(7-17)8-18-16/h3-4,8,14-15,21-22H,2,5-6,9-12H2,1H3/t14-,15-/m1/s1. The van der Waals surface area contributed by atoms with E-state index in [1.165, 1.54) is 0 Å². The fourth-order valence-electron chi connectivity index (χ4n) is 3.03. The van der Waals surface area contributed by atoms with Gasteiger partial charge in [-0.2, -0.15) is 5.26 Å². The van der Waals surface area contributed by atoms with Crippen molar-refractivity contribution in [3.05, 3.63) is 23.9 Å². The molecule has 1 aliphatic heterocycles. The highest BCUT2D eigenvalue weighted by atomic mass is 16.3. The second-order valence-electron chi connectivity index (χ2n) is 5.74. The monoisotopic (exact) mass is 304 g/mol. The van der Waals surface area contributed by atoms with Gasteiger partial charge in [0.05, 0.1) is 12.2 Å². The number of anilines is 1. The summed E-state index contributed by atoms with van der Waals surface area (Å²) in [5.74, 6) is 1.42. The molecule has 1 fully saturated rings. The van der Waals surface area contributed by atoms with Crippen LogP contribution in [-0.2, 0) is 0 Å². The minimum absolute atomic E-state index is 0.158. The lowest BCUT2D eigenvalue weighted by Gasteiger charge is -2.25. The minimum atomic E-state index is 0.158. The molecule has 6 nitrogen and oxygen atoms in total. The second-order valence-corrected chi connectivity index (χ2v) is 5.74. The van der Waals surface area contributed by atoms with E-state index in [1.54, 1.807) is 12.3 Å². The Morgan fingerprint density at radius 2 is 2.14 bits per heavy atom. The van der Waals surface area contributed by atoms with Crippen molar-refractivity contribution in [2.24, 2.45) is 11.8 Å². The van der Waals surface area contributed by atoms with Gasteiger partial charge in [-0.05, 0) is 24.6 Å². The van der Waals surface area contributed by atoms with Crippen LogP contribution in [0.1, 0.15) is 12.5 Å². The first kappa shape index (κ1) is 16.7. The first-order valence-corrected chi connectivity index (χ1v) is 7.77. The molecule has 0 aliphatic carbocycles. The molecule has 0 unspecified atom stereocenters. The highest BCUT2D eigenvalue weighted by Crippen LogP contribution is 2.27. The summed E-state index contributed by atoms with van der Waals surface area (Å²) in [6, 6.07) is 5.70. The van der Waals surface area contributed by atoms with Crippen molar-refractivity contribution in [3.63, 3.8) is 0 Å². The van der Waals surface area contributed by atoms with Crippen LogP contribution in [0.2, 0.25) is 0 Å². The van der Waals surface area contributed by atoms with E-state index in [0.29, 0.717) is 18.0 Å². The lowest BCUT2D eigenvalue weighted by molar-refractivity contribution is 0.147. The Kier molecular flexibility index (Phi) is 6.13. The third-order valence-electron chi connectivity index (χ3n) is 4.37. The van der Waals surface area contributed by atoms with Crippen LogP contribution >= 0.6 is 0 Å². The molecule has 1 aromatic heterocycles. The predicted octanol–water partition coefficient (Wildman–Crippen LogP) is 0.312. The van der Waals surface area contributed by atoms with Crippen LogP contribution in [0.15, 0.2) is 18.3 Å². The van der Waals surface area contributed by atoms with Crippen LogP contribution in [0, 0.1) is 23.2 Å². The normalized spacial score (nSPS) is 21.3. The third kappa shape index (κ3) is 3.95. The summed E-state index contributed by atoms with van der Waals surface area (Å²) < 4.78 is 0. The van der Waals surface area contributed by atoms with Gasteiger partial charge in [0.2, 0.25) is 0 Å². The summed E-state index contributed by atoms with van der Waals surface area (Å²) in [5, 5.41) is 27.6. The quantitative estimate of drug-likeness (QED) is 0.754. The molecule has 0 radical (unpaired) electrons. The Balaban J connectivity index is 2.03. The number of nitriles is 1. The average Bonchev–Trinajstić information content (AvgIpc) is 2.97. The molecule has 0 amide bonds. The predicted molar refractivity (Wildman–Crippen MR) is 84.4 cm³/mol. The summed E-state index contributed by atoms with van der Waals surface area (Å²) >= 11 is 0. The van der Waals surface area contributed by atoms with Gasteiger partial charge in [-0.15, -0.1) is 0 Å². The average molecular weight is 304 g/mol. The maximum atomic E-state index is 9.64. The zero-order chi connectivity index (χ0) is 15.9. The number of aliphatic hydroxyl groups excluding tert-OH is 2. The molecule has 6 heteroatoms. The summed E-state index contributed by atoms with van der Waals surface area (Å²) in [4.78, 5) is 8.72. The van der Waals surface area contributed by atoms with Crippen molar-refractivity contribution in [1.82, 2.24) is 9.88 Å². The van der Waals surface area contributed by atoms with E-state index in [4.69, 9.17) is 10.4 Å².